The van der Waals surface area contributed by atoms with Crippen LogP contribution in [-0.4, -0.2) is 198 Å². The van der Waals surface area contributed by atoms with Crippen LogP contribution in [0, 0.1) is 5.92 Å². The van der Waals surface area contributed by atoms with E-state index in [0.717, 1.165) is 59.2 Å². The van der Waals surface area contributed by atoms with Crippen molar-refractivity contribution in [1.82, 2.24) is 42.5 Å². The number of ether oxygens (including phenoxy) is 7. The maximum absolute atomic E-state index is 16.6. The molecule has 36 heteroatoms. The highest BCUT2D eigenvalue weighted by Crippen LogP contribution is 2.51. The number of rotatable bonds is 18. The number of halogens is 3. The Morgan fingerprint density at radius 3 is 1.93 bits per heavy atom. The van der Waals surface area contributed by atoms with E-state index in [1.54, 1.807) is 33.0 Å². The van der Waals surface area contributed by atoms with E-state index in [9.17, 15) is 55.2 Å². The van der Waals surface area contributed by atoms with E-state index >= 15 is 24.0 Å². The second kappa shape index (κ2) is 36.9. The van der Waals surface area contributed by atoms with Crippen LogP contribution in [0.4, 0.5) is 0 Å². The fourth-order valence-electron chi connectivity index (χ4n) is 16.5. The van der Waals surface area contributed by atoms with Gasteiger partial charge in [0.25, 0.3) is 0 Å². The van der Waals surface area contributed by atoms with Crippen LogP contribution in [0.25, 0.3) is 22.3 Å². The molecule has 33 nitrogen and oxygen atoms in total. The predicted molar refractivity (Wildman–Crippen MR) is 442 cm³/mol. The maximum atomic E-state index is 16.6. The first kappa shape index (κ1) is 89.3. The highest BCUT2D eigenvalue weighted by molar-refractivity contribution is 6.32. The van der Waals surface area contributed by atoms with Gasteiger partial charge < -0.3 is 128 Å². The molecule has 3 saturated heterocycles. The summed E-state index contributed by atoms with van der Waals surface area (Å²) in [5.74, 6) is -15.8. The van der Waals surface area contributed by atoms with Gasteiger partial charge in [-0.2, -0.15) is 0 Å². The van der Waals surface area contributed by atoms with Gasteiger partial charge in [0.15, 0.2) is 23.8 Å². The van der Waals surface area contributed by atoms with Crippen LogP contribution in [0.15, 0.2) is 127 Å². The first-order valence-corrected chi connectivity index (χ1v) is 40.8. The van der Waals surface area contributed by atoms with Gasteiger partial charge in [0.05, 0.1) is 71.8 Å². The molecule has 0 radical (unpaired) electrons. The number of carboxylic acid groups (broad SMARTS) is 1. The van der Waals surface area contributed by atoms with Gasteiger partial charge in [-0.3, -0.25) is 33.6 Å². The van der Waals surface area contributed by atoms with Crippen molar-refractivity contribution >= 4 is 82.1 Å². The second-order valence-corrected chi connectivity index (χ2v) is 33.9. The number of amides is 7. The van der Waals surface area contributed by atoms with Crippen molar-refractivity contribution in [3.63, 3.8) is 0 Å². The number of nitrogens with one attached hydrogen (secondary N) is 8. The van der Waals surface area contributed by atoms with Gasteiger partial charge in [-0.25, -0.2) is 4.79 Å². The third-order valence-corrected chi connectivity index (χ3v) is 23.8. The van der Waals surface area contributed by atoms with Gasteiger partial charge >= 0.3 is 5.97 Å². The number of carboxylic acids is 1. The number of benzene rings is 7. The third-order valence-electron chi connectivity index (χ3n) is 22.9. The Morgan fingerprint density at radius 1 is 0.672 bits per heavy atom. The van der Waals surface area contributed by atoms with Crippen LogP contribution < -0.4 is 68.2 Å². The number of nitrogens with two attached hydrogens (primary N) is 2. The molecular formula is C86H97Cl3N10O23. The zero-order chi connectivity index (χ0) is 87.8. The highest BCUT2D eigenvalue weighted by atomic mass is 35.5. The van der Waals surface area contributed by atoms with Gasteiger partial charge in [-0.15, -0.1) is 0 Å². The molecule has 8 heterocycles. The van der Waals surface area contributed by atoms with E-state index < -0.39 is 238 Å². The predicted octanol–water partition coefficient (Wildman–Crippen LogP) is 6.10. The summed E-state index contributed by atoms with van der Waals surface area (Å²) in [4.78, 5) is 121. The van der Waals surface area contributed by atoms with Crippen molar-refractivity contribution in [2.24, 2.45) is 17.4 Å². The summed E-state index contributed by atoms with van der Waals surface area (Å²) < 4.78 is 47.1. The summed E-state index contributed by atoms with van der Waals surface area (Å²) in [7, 11) is 1.55. The van der Waals surface area contributed by atoms with Crippen LogP contribution in [0.5, 0.6) is 46.0 Å². The molecule has 0 aliphatic carbocycles. The Balaban J connectivity index is 1.01. The van der Waals surface area contributed by atoms with Crippen molar-refractivity contribution in [3.8, 4) is 68.2 Å². The summed E-state index contributed by atoms with van der Waals surface area (Å²) in [6.07, 6.45) is -15.2. The molecule has 650 valence electrons. The minimum absolute atomic E-state index is 0.0332. The zero-order valence-electron chi connectivity index (χ0n) is 67.2. The average Bonchev–Trinajstić information content (AvgIpc) is 0.760. The van der Waals surface area contributed by atoms with E-state index in [1.807, 2.05) is 50.2 Å². The fourth-order valence-corrected chi connectivity index (χ4v) is 17.1. The lowest BCUT2D eigenvalue weighted by Gasteiger charge is -2.48. The summed E-state index contributed by atoms with van der Waals surface area (Å²) in [6, 6.07) is 17.5. The van der Waals surface area contributed by atoms with Crippen molar-refractivity contribution < 1.29 is 112 Å². The Morgan fingerprint density at radius 2 is 1.30 bits per heavy atom. The van der Waals surface area contributed by atoms with Crippen molar-refractivity contribution in [1.29, 1.82) is 0 Å². The maximum Gasteiger partial charge on any atom is 0.330 e. The number of hydrogen-bond acceptors (Lipinski definition) is 25. The first-order valence-electron chi connectivity index (χ1n) is 39.7. The number of hydrogen-bond donors (Lipinski definition) is 18. The van der Waals surface area contributed by atoms with E-state index in [4.69, 9.17) is 79.4 Å². The smallest absolute Gasteiger partial charge is 0.330 e. The molecule has 3 fully saturated rings. The largest absolute Gasteiger partial charge is 0.508 e. The van der Waals surface area contributed by atoms with E-state index in [-0.39, 0.29) is 70.8 Å². The normalized spacial score (nSPS) is 29.0. The Kier molecular flexibility index (Phi) is 27.0. The number of aliphatic carboxylic acids is 1. The van der Waals surface area contributed by atoms with Crippen molar-refractivity contribution in [2.75, 3.05) is 13.7 Å². The van der Waals surface area contributed by atoms with Gasteiger partial charge in [0, 0.05) is 70.6 Å². The number of fused-ring (bicyclic) bond motifs is 15. The highest BCUT2D eigenvalue weighted by Gasteiger charge is 2.52. The van der Waals surface area contributed by atoms with Crippen LogP contribution in [0.2, 0.25) is 15.1 Å². The van der Waals surface area contributed by atoms with Gasteiger partial charge in [-0.1, -0.05) is 103 Å². The lowest BCUT2D eigenvalue weighted by molar-refractivity contribution is -0.318. The number of phenols is 3. The van der Waals surface area contributed by atoms with E-state index in [2.05, 4.69) is 42.5 Å². The molecule has 15 rings (SSSR count). The zero-order valence-corrected chi connectivity index (χ0v) is 69.5. The molecule has 11 bridgehead atoms. The lowest BCUT2D eigenvalue weighted by Crippen LogP contribution is -2.63. The topological polar surface area (TPSA) is 511 Å². The number of aliphatic hydroxyl groups is 4. The third kappa shape index (κ3) is 19.6. The molecule has 122 heavy (non-hydrogen) atoms. The number of likely N-dealkylation sites (N-methyl/N-ethyl adjacent to an activating group) is 1. The second-order valence-electron chi connectivity index (χ2n) is 32.6. The average molecular weight is 1750 g/mol. The monoisotopic (exact) mass is 1740 g/mol. The molecule has 8 aliphatic rings. The van der Waals surface area contributed by atoms with Crippen LogP contribution in [0.3, 0.4) is 0 Å². The molecule has 0 spiro atoms. The summed E-state index contributed by atoms with van der Waals surface area (Å²) in [6.45, 7) is 9.72. The number of primary amides is 1. The van der Waals surface area contributed by atoms with Crippen LogP contribution >= 0.6 is 34.8 Å². The summed E-state index contributed by atoms with van der Waals surface area (Å²) >= 11 is 21.0. The van der Waals surface area contributed by atoms with Crippen LogP contribution in [0.1, 0.15) is 131 Å². The van der Waals surface area contributed by atoms with E-state index in [1.165, 1.54) is 50.2 Å². The molecule has 8 aliphatic heterocycles. The number of phenolic OH excluding ortho intramolecular Hbond substituents is 3. The molecule has 7 aromatic rings. The van der Waals surface area contributed by atoms with Gasteiger partial charge in [0.1, 0.15) is 65.1 Å². The molecule has 20 unspecified atom stereocenters. The molecule has 7 amide bonds. The molecule has 7 aromatic carbocycles. The quantitative estimate of drug-likeness (QED) is 0.0461. The Bertz CT molecular complexity index is 5150. The number of carbonyl (C=O) groups excluding carboxylic acids is 7. The molecule has 0 saturated carbocycles. The lowest BCUT2D eigenvalue weighted by atomic mass is 9.75. The summed E-state index contributed by atoms with van der Waals surface area (Å²) in [5, 5.41) is 115. The Hall–Kier alpha value is -10.5. The Labute approximate surface area is 715 Å². The molecule has 20 atom stereocenters. The SMILES string of the molecule is CNC(CC(C)C)C(=O)NC1Cc2ccc(c(Cl)c2)Oc2cc3cc(c2OC2OC(CO)CC(O)C2OC2CC(C)(NCc4ccc(-c5ccc(Cl)cc5)cc4)C(O)C(C)O2)Oc2ccc(cc2Cl)C(C2CC(C)(N)C(O)C(C)O2)C2NC(=O)C(NC(=O)C3NC(=O)C(CC(N)=O)NC1=O)c1ccc(O)c(c1)-c1c(O)cc(O)cc1C(C(=O)O)NC2=O. The van der Waals surface area contributed by atoms with Gasteiger partial charge in [0.2, 0.25) is 53.4 Å². The number of aromatic hydroxyl groups is 3. The first-order chi connectivity index (χ1) is 57.9. The number of carbonyl (C=O) groups is 8. The minimum atomic E-state index is -2.29. The molecule has 0 aromatic heterocycles. The van der Waals surface area contributed by atoms with Gasteiger partial charge in [-0.05, 0) is 159 Å². The standard InChI is InChI=1S/C86H97Cl3N10O23/c1-37(2)22-54(92-7)77(108)94-55-24-41-10-20-60(52(88)23-41)119-62-27-46-28-63(74(62)122-84-73(59(104)31-49(36-100)118-84)121-66-34-86(6,76(107)39(4)117-66)93-35-40-8-11-42(12-9-40)43-13-17-47(87)18-14-43)120-61-21-16-44(26-53(61)89)67(64-33-85(5,91)75(106)38(3)116-64)72-82(113)98-71(83(114)115)51-29-48(101)30-58(103)68(51)50-25-45(15-19-57(50)102)69(80(111)99-72)97-81(112)70(46)96-79(110)56(32-65(90)105)95-78(55)109/h8-21,23,25-30,37-39,49,54-56,59,64,66-67,69-73,75-76,84,92-93,100-104,106-107H,22,24,31-36,91H2,1-7H3,(H2,90,105)(H,94,108)(H,95,109)(H,96,110)(H,97,112)(H,98,113)(H,99,111)(H,114,115). The van der Waals surface area contributed by atoms with E-state index in [0.29, 0.717) is 17.0 Å². The summed E-state index contributed by atoms with van der Waals surface area (Å²) in [5.41, 5.74) is 11.0. The molecule has 20 N–H and O–H groups in total. The minimum Gasteiger partial charge on any atom is -0.508 e. The van der Waals surface area contributed by atoms with Crippen LogP contribution in [-0.2, 0) is 70.3 Å². The molecular weight excluding hydrogens is 1650 g/mol. The fraction of sp³-hybridized carbons (Fsp3) is 0.419. The number of aliphatic hydroxyl groups excluding tert-OH is 4. The van der Waals surface area contributed by atoms with Crippen molar-refractivity contribution in [3.05, 3.63) is 176 Å². The van der Waals surface area contributed by atoms with Crippen molar-refractivity contribution in [2.45, 2.75) is 207 Å².